The maximum absolute atomic E-state index is 13.6. The fraction of sp³-hybridized carbons (Fsp3) is 0.613. The Hall–Kier alpha value is -4.04. The molecule has 0 bridgehead atoms. The van der Waals surface area contributed by atoms with Crippen LogP contribution in [0.3, 0.4) is 0 Å². The number of hydrogen-bond donors (Lipinski definition) is 8. The fourth-order valence-corrected chi connectivity index (χ4v) is 4.44. The van der Waals surface area contributed by atoms with E-state index >= 15 is 0 Å². The number of nitrogens with two attached hydrogens (primary N) is 2. The number of hydrogen-bond acceptors (Lipinski definition) is 8. The Morgan fingerprint density at radius 3 is 1.91 bits per heavy atom. The third-order valence-electron chi connectivity index (χ3n) is 6.95. The SMILES string of the molecule is CCCCCCCC(=O)NC[C@H](NC(=O)[C@H](CO)NC(=O)CN)C(=O)N[C@@H](Cc1ccccc1)C(=O)N[C@@H](CC(C)C)C(N)=O. The largest absolute Gasteiger partial charge is 0.394 e. The summed E-state index contributed by atoms with van der Waals surface area (Å²) >= 11 is 0. The summed E-state index contributed by atoms with van der Waals surface area (Å²) in [6.45, 7) is 4.29. The van der Waals surface area contributed by atoms with Gasteiger partial charge in [0.15, 0.2) is 0 Å². The van der Waals surface area contributed by atoms with Crippen molar-refractivity contribution in [3.63, 3.8) is 0 Å². The van der Waals surface area contributed by atoms with Crippen LogP contribution < -0.4 is 38.1 Å². The van der Waals surface area contributed by atoms with E-state index in [-0.39, 0.29) is 37.6 Å². The molecule has 0 aliphatic carbocycles. The van der Waals surface area contributed by atoms with E-state index in [1.165, 1.54) is 0 Å². The summed E-state index contributed by atoms with van der Waals surface area (Å²) in [5.74, 6) is -4.09. The molecule has 6 amide bonds. The van der Waals surface area contributed by atoms with E-state index in [9.17, 15) is 33.9 Å². The van der Waals surface area contributed by atoms with E-state index in [1.54, 1.807) is 30.3 Å². The maximum Gasteiger partial charge on any atom is 0.245 e. The number of nitrogens with one attached hydrogen (secondary N) is 5. The van der Waals surface area contributed by atoms with Gasteiger partial charge >= 0.3 is 0 Å². The lowest BCUT2D eigenvalue weighted by Gasteiger charge is -2.26. The van der Waals surface area contributed by atoms with Crippen LogP contribution in [-0.4, -0.2) is 84.4 Å². The Bertz CT molecular complexity index is 1100. The molecular weight excluding hydrogens is 582 g/mol. The number of carbonyl (C=O) groups excluding carboxylic acids is 6. The number of benzene rings is 1. The zero-order chi connectivity index (χ0) is 33.8. The highest BCUT2D eigenvalue weighted by molar-refractivity contribution is 5.96. The molecule has 0 spiro atoms. The van der Waals surface area contributed by atoms with Gasteiger partial charge in [0, 0.05) is 19.4 Å². The van der Waals surface area contributed by atoms with Gasteiger partial charge in [-0.25, -0.2) is 0 Å². The Balaban J connectivity index is 3.19. The van der Waals surface area contributed by atoms with Crippen molar-refractivity contribution >= 4 is 35.4 Å². The third kappa shape index (κ3) is 16.0. The fourth-order valence-electron chi connectivity index (χ4n) is 4.44. The summed E-state index contributed by atoms with van der Waals surface area (Å²) < 4.78 is 0. The van der Waals surface area contributed by atoms with Gasteiger partial charge in [-0.1, -0.05) is 76.8 Å². The zero-order valence-corrected chi connectivity index (χ0v) is 26.6. The molecular formula is C31H51N7O7. The van der Waals surface area contributed by atoms with Crippen LogP contribution in [0.2, 0.25) is 0 Å². The minimum Gasteiger partial charge on any atom is -0.394 e. The molecule has 1 aromatic rings. The second kappa shape index (κ2) is 21.6. The molecule has 0 aromatic heterocycles. The molecule has 0 heterocycles. The van der Waals surface area contributed by atoms with E-state index in [0.29, 0.717) is 12.0 Å². The van der Waals surface area contributed by atoms with Gasteiger partial charge in [0.25, 0.3) is 0 Å². The maximum atomic E-state index is 13.6. The molecule has 0 saturated carbocycles. The first-order valence-corrected chi connectivity index (χ1v) is 15.5. The predicted octanol–water partition coefficient (Wildman–Crippen LogP) is -0.873. The van der Waals surface area contributed by atoms with Crippen molar-refractivity contribution in [2.24, 2.45) is 17.4 Å². The second-order valence-electron chi connectivity index (χ2n) is 11.4. The third-order valence-corrected chi connectivity index (χ3v) is 6.95. The number of aliphatic hydroxyl groups is 1. The molecule has 0 radical (unpaired) electrons. The highest BCUT2D eigenvalue weighted by atomic mass is 16.3. The average molecular weight is 634 g/mol. The summed E-state index contributed by atoms with van der Waals surface area (Å²) in [5.41, 5.74) is 11.5. The number of aliphatic hydroxyl groups excluding tert-OH is 1. The number of primary amides is 1. The van der Waals surface area contributed by atoms with Crippen LogP contribution in [0, 0.1) is 5.92 Å². The summed E-state index contributed by atoms with van der Waals surface area (Å²) in [7, 11) is 0. The molecule has 0 aliphatic rings. The van der Waals surface area contributed by atoms with Crippen LogP contribution in [0.15, 0.2) is 30.3 Å². The predicted molar refractivity (Wildman–Crippen MR) is 169 cm³/mol. The van der Waals surface area contributed by atoms with E-state index in [1.807, 2.05) is 13.8 Å². The number of amides is 6. The van der Waals surface area contributed by atoms with Crippen molar-refractivity contribution in [1.29, 1.82) is 0 Å². The molecule has 252 valence electrons. The first kappa shape index (κ1) is 39.0. The van der Waals surface area contributed by atoms with E-state index in [0.717, 1.165) is 25.7 Å². The molecule has 10 N–H and O–H groups in total. The number of rotatable bonds is 22. The van der Waals surface area contributed by atoms with Gasteiger partial charge in [-0.05, 0) is 24.3 Å². The quantitative estimate of drug-likeness (QED) is 0.0745. The van der Waals surface area contributed by atoms with Gasteiger partial charge in [0.05, 0.1) is 13.2 Å². The molecule has 0 unspecified atom stereocenters. The van der Waals surface area contributed by atoms with E-state index < -0.39 is 66.9 Å². The summed E-state index contributed by atoms with van der Waals surface area (Å²) in [6, 6.07) is 3.88. The molecule has 1 aromatic carbocycles. The Labute approximate surface area is 265 Å². The van der Waals surface area contributed by atoms with Gasteiger partial charge in [-0.15, -0.1) is 0 Å². The van der Waals surface area contributed by atoms with Crippen LogP contribution in [-0.2, 0) is 35.2 Å². The van der Waals surface area contributed by atoms with Gasteiger partial charge in [0.2, 0.25) is 35.4 Å². The number of unbranched alkanes of at least 4 members (excludes halogenated alkanes) is 4. The molecule has 0 saturated heterocycles. The Kier molecular flexibility index (Phi) is 18.7. The average Bonchev–Trinajstić information content (AvgIpc) is 3.00. The van der Waals surface area contributed by atoms with Crippen molar-refractivity contribution < 1.29 is 33.9 Å². The van der Waals surface area contributed by atoms with Crippen molar-refractivity contribution in [3.8, 4) is 0 Å². The van der Waals surface area contributed by atoms with Crippen LogP contribution >= 0.6 is 0 Å². The summed E-state index contributed by atoms with van der Waals surface area (Å²) in [6.07, 6.45) is 5.21. The standard InChI is InChI=1S/C31H51N7O7/c1-4-5-6-7-11-14-26(40)34-18-24(38-31(45)25(19-39)35-27(41)17-32)30(44)37-23(16-21-12-9-8-10-13-21)29(43)36-22(28(33)42)15-20(2)3/h8-10,12-13,20,22-25,39H,4-7,11,14-19,32H2,1-3H3,(H2,33,42)(H,34,40)(H,35,41)(H,36,43)(H,37,44)(H,38,45)/t22-,23-,24-,25-/m0/s1. The lowest BCUT2D eigenvalue weighted by Crippen LogP contribution is -2.61. The Morgan fingerprint density at radius 1 is 0.756 bits per heavy atom. The van der Waals surface area contributed by atoms with Crippen molar-refractivity contribution in [3.05, 3.63) is 35.9 Å². The highest BCUT2D eigenvalue weighted by Gasteiger charge is 2.31. The second-order valence-corrected chi connectivity index (χ2v) is 11.4. The van der Waals surface area contributed by atoms with Crippen molar-refractivity contribution in [1.82, 2.24) is 26.6 Å². The molecule has 1 rings (SSSR count). The molecule has 0 aliphatic heterocycles. The van der Waals surface area contributed by atoms with E-state index in [4.69, 9.17) is 11.5 Å². The first-order valence-electron chi connectivity index (χ1n) is 15.5. The molecule has 45 heavy (non-hydrogen) atoms. The van der Waals surface area contributed by atoms with E-state index in [2.05, 4.69) is 33.5 Å². The van der Waals surface area contributed by atoms with Crippen LogP contribution in [0.25, 0.3) is 0 Å². The highest BCUT2D eigenvalue weighted by Crippen LogP contribution is 2.08. The minimum absolute atomic E-state index is 0.0408. The molecule has 14 nitrogen and oxygen atoms in total. The van der Waals surface area contributed by atoms with Gasteiger partial charge in [0.1, 0.15) is 24.2 Å². The van der Waals surface area contributed by atoms with Crippen LogP contribution in [0.4, 0.5) is 0 Å². The van der Waals surface area contributed by atoms with Gasteiger partial charge in [-0.3, -0.25) is 28.8 Å². The van der Waals surface area contributed by atoms with Crippen LogP contribution in [0.1, 0.15) is 71.3 Å². The lowest BCUT2D eigenvalue weighted by molar-refractivity contribution is -0.135. The lowest BCUT2D eigenvalue weighted by atomic mass is 10.0. The van der Waals surface area contributed by atoms with Gasteiger partial charge < -0.3 is 43.2 Å². The zero-order valence-electron chi connectivity index (χ0n) is 26.6. The first-order chi connectivity index (χ1) is 21.4. The monoisotopic (exact) mass is 633 g/mol. The topological polar surface area (TPSA) is 235 Å². The van der Waals surface area contributed by atoms with Crippen molar-refractivity contribution in [2.45, 2.75) is 96.3 Å². The Morgan fingerprint density at radius 2 is 1.33 bits per heavy atom. The smallest absolute Gasteiger partial charge is 0.245 e. The minimum atomic E-state index is -1.42. The van der Waals surface area contributed by atoms with Crippen molar-refractivity contribution in [2.75, 3.05) is 19.7 Å². The van der Waals surface area contributed by atoms with Gasteiger partial charge in [-0.2, -0.15) is 0 Å². The molecule has 14 heteroatoms. The summed E-state index contributed by atoms with van der Waals surface area (Å²) in [5, 5.41) is 22.3. The number of carbonyl (C=O) groups is 6. The summed E-state index contributed by atoms with van der Waals surface area (Å²) in [4.78, 5) is 76.3. The molecule has 0 fully saturated rings. The van der Waals surface area contributed by atoms with Crippen LogP contribution in [0.5, 0.6) is 0 Å². The normalized spacial score (nSPS) is 13.6. The molecule has 4 atom stereocenters.